The summed E-state index contributed by atoms with van der Waals surface area (Å²) in [4.78, 5) is 0. The molecule has 6 heterocycles. The van der Waals surface area contributed by atoms with E-state index in [9.17, 15) is 5.26 Å². The van der Waals surface area contributed by atoms with Crippen LogP contribution < -0.4 is 0 Å². The lowest BCUT2D eigenvalue weighted by atomic mass is 9.94. The molecule has 0 aliphatic carbocycles. The van der Waals surface area contributed by atoms with Crippen molar-refractivity contribution in [3.63, 3.8) is 0 Å². The first-order valence-corrected chi connectivity index (χ1v) is 34.6. The van der Waals surface area contributed by atoms with Gasteiger partial charge in [-0.05, 0) is 175 Å². The molecule has 7 nitrogen and oxygen atoms in total. The fourth-order valence-electron chi connectivity index (χ4n) is 17.1. The van der Waals surface area contributed by atoms with Crippen molar-refractivity contribution >= 4 is 131 Å². The van der Waals surface area contributed by atoms with Crippen LogP contribution >= 0.6 is 0 Å². The maximum atomic E-state index is 15.1. The van der Waals surface area contributed by atoms with E-state index < -0.39 is 11.7 Å². The van der Waals surface area contributed by atoms with Crippen molar-refractivity contribution in [2.75, 3.05) is 0 Å². The van der Waals surface area contributed by atoms with Crippen LogP contribution in [-0.2, 0) is 6.18 Å². The first kappa shape index (κ1) is 58.4. The zero-order chi connectivity index (χ0) is 68.5. The largest absolute Gasteiger partial charge is 0.416 e. The molecule has 484 valence electrons. The second kappa shape index (κ2) is 21.9. The molecule has 0 bridgehead atoms. The molecule has 21 aromatic rings. The summed E-state index contributed by atoms with van der Waals surface area (Å²) >= 11 is 0. The Morgan fingerprint density at radius 2 is 0.534 bits per heavy atom. The normalized spacial score (nSPS) is 12.3. The van der Waals surface area contributed by atoms with Gasteiger partial charge < -0.3 is 27.4 Å². The third-order valence-electron chi connectivity index (χ3n) is 21.5. The Labute approximate surface area is 587 Å². The fourth-order valence-corrected chi connectivity index (χ4v) is 17.1. The molecule has 0 spiro atoms. The number of nitrogens with zero attached hydrogens (tertiary/aromatic N) is 7. The van der Waals surface area contributed by atoms with Gasteiger partial charge in [0.2, 0.25) is 0 Å². The van der Waals surface area contributed by atoms with Gasteiger partial charge in [0.05, 0.1) is 94.8 Å². The van der Waals surface area contributed by atoms with Crippen LogP contribution in [0.5, 0.6) is 0 Å². The number of fused-ring (bicyclic) bond motifs is 18. The summed E-state index contributed by atoms with van der Waals surface area (Å²) in [6.07, 6.45) is -4.59. The maximum absolute atomic E-state index is 15.1. The van der Waals surface area contributed by atoms with Crippen LogP contribution in [-0.4, -0.2) is 27.4 Å². The van der Waals surface area contributed by atoms with E-state index in [1.807, 2.05) is 30.3 Å². The van der Waals surface area contributed by atoms with Gasteiger partial charge in [-0.25, -0.2) is 0 Å². The molecule has 103 heavy (non-hydrogen) atoms. The monoisotopic (exact) mass is 1330 g/mol. The lowest BCUT2D eigenvalue weighted by Gasteiger charge is -2.20. The standard InChI is InChI=1S/C93H56F3N7/c1-56-46-59(49-60(47-56)93(94,95)96)58-35-41-74(92(50-58)103-89-44-38-63(100-83-30-14-6-22-69(83)70-23-7-15-31-84(70)100)53-77(89)78-54-64(39-45-90(78)103)101-85-32-16-8-24-71(85)72-25-9-17-33-86(72)101)73-40-34-57(55-97)48-91(73)102-87-42-36-61(98-79-26-10-2-18-65(79)66-19-3-11-27-80(66)98)51-75(87)76-52-62(37-43-88(76)102)99-81-28-12-4-20-67(81)68-21-5-13-29-82(68)99/h2-54H,1H3. The molecule has 0 saturated heterocycles. The predicted octanol–water partition coefficient (Wildman–Crippen LogP) is 24.8. The maximum Gasteiger partial charge on any atom is 0.416 e. The minimum absolute atomic E-state index is 0.434. The van der Waals surface area contributed by atoms with E-state index >= 15 is 13.2 Å². The Morgan fingerprint density at radius 1 is 0.252 bits per heavy atom. The van der Waals surface area contributed by atoms with Crippen molar-refractivity contribution in [1.82, 2.24) is 27.4 Å². The SMILES string of the molecule is Cc1cc(-c2ccc(-c3ccc(C#N)cc3-n3c4ccc(-n5c6ccccc6c6ccccc65)cc4c4cc(-n5c6ccccc6c6ccccc65)ccc43)c(-n3c4ccc(-n5c6ccccc6c6ccccc65)cc4c4cc(-n5c6ccccc6c6ccccc65)ccc43)c2)cc(C(F)(F)F)c1. The van der Waals surface area contributed by atoms with Gasteiger partial charge in [-0.2, -0.15) is 18.4 Å². The Kier molecular flexibility index (Phi) is 12.4. The molecule has 0 aliphatic rings. The number of aromatic nitrogens is 6. The molecule has 21 rings (SSSR count). The number of hydrogen-bond donors (Lipinski definition) is 0. The molecule has 0 radical (unpaired) electrons. The Hall–Kier alpha value is -13.6. The number of hydrogen-bond acceptors (Lipinski definition) is 1. The van der Waals surface area contributed by atoms with Gasteiger partial charge in [0, 0.05) is 98.5 Å². The second-order valence-electron chi connectivity index (χ2n) is 27.1. The molecular formula is C93H56F3N7. The van der Waals surface area contributed by atoms with E-state index in [1.54, 1.807) is 6.92 Å². The number of aryl methyl sites for hydroxylation is 1. The minimum Gasteiger partial charge on any atom is -0.309 e. The number of halogens is 3. The average Bonchev–Trinajstić information content (AvgIpc) is 1.58. The molecule has 0 atom stereocenters. The van der Waals surface area contributed by atoms with Gasteiger partial charge in [-0.3, -0.25) is 0 Å². The van der Waals surface area contributed by atoms with E-state index in [4.69, 9.17) is 0 Å². The molecule has 0 amide bonds. The van der Waals surface area contributed by atoms with Crippen molar-refractivity contribution in [2.45, 2.75) is 13.1 Å². The van der Waals surface area contributed by atoms with Crippen LogP contribution in [0, 0.1) is 18.3 Å². The quantitative estimate of drug-likeness (QED) is 0.150. The van der Waals surface area contributed by atoms with Gasteiger partial charge in [0.1, 0.15) is 0 Å². The minimum atomic E-state index is -4.59. The van der Waals surface area contributed by atoms with Crippen LogP contribution in [0.25, 0.3) is 187 Å². The van der Waals surface area contributed by atoms with Crippen LogP contribution in [0.15, 0.2) is 322 Å². The summed E-state index contributed by atoms with van der Waals surface area (Å²) in [5, 5.41) is 24.3. The second-order valence-corrected chi connectivity index (χ2v) is 27.1. The van der Waals surface area contributed by atoms with Gasteiger partial charge in [-0.15, -0.1) is 0 Å². The molecule has 10 heteroatoms. The summed E-state index contributed by atoms with van der Waals surface area (Å²) in [5.41, 5.74) is 20.6. The highest BCUT2D eigenvalue weighted by Crippen LogP contribution is 2.47. The van der Waals surface area contributed by atoms with Crippen LogP contribution in [0.1, 0.15) is 16.7 Å². The van der Waals surface area contributed by atoms with Crippen molar-refractivity contribution < 1.29 is 13.2 Å². The third kappa shape index (κ3) is 8.63. The number of nitriles is 1. The number of para-hydroxylation sites is 8. The van der Waals surface area contributed by atoms with E-state index in [0.717, 1.165) is 176 Å². The Bertz CT molecular complexity index is 6720. The summed E-state index contributed by atoms with van der Waals surface area (Å²) in [6, 6.07) is 114. The Balaban J connectivity index is 0.862. The van der Waals surface area contributed by atoms with Crippen molar-refractivity contribution in [2.24, 2.45) is 0 Å². The van der Waals surface area contributed by atoms with E-state index in [1.165, 1.54) is 12.1 Å². The van der Waals surface area contributed by atoms with E-state index in [0.29, 0.717) is 22.3 Å². The van der Waals surface area contributed by atoms with Gasteiger partial charge >= 0.3 is 6.18 Å². The molecular weight excluding hydrogens is 1270 g/mol. The summed E-state index contributed by atoms with van der Waals surface area (Å²) in [6.45, 7) is 1.72. The molecule has 0 N–H and O–H groups in total. The van der Waals surface area contributed by atoms with Gasteiger partial charge in [-0.1, -0.05) is 170 Å². The number of benzene rings is 15. The van der Waals surface area contributed by atoms with Crippen molar-refractivity contribution in [3.05, 3.63) is 338 Å². The summed E-state index contributed by atoms with van der Waals surface area (Å²) < 4.78 is 59.3. The Morgan fingerprint density at radius 3 is 0.835 bits per heavy atom. The summed E-state index contributed by atoms with van der Waals surface area (Å²) in [7, 11) is 0. The lowest BCUT2D eigenvalue weighted by molar-refractivity contribution is -0.137. The van der Waals surface area contributed by atoms with Crippen LogP contribution in [0.4, 0.5) is 13.2 Å². The smallest absolute Gasteiger partial charge is 0.309 e. The highest BCUT2D eigenvalue weighted by molar-refractivity contribution is 6.17. The molecule has 6 aromatic heterocycles. The fraction of sp³-hybridized carbons (Fsp3) is 0.0215. The van der Waals surface area contributed by atoms with Crippen molar-refractivity contribution in [3.8, 4) is 62.4 Å². The number of rotatable bonds is 8. The molecule has 0 saturated carbocycles. The molecule has 15 aromatic carbocycles. The predicted molar refractivity (Wildman–Crippen MR) is 418 cm³/mol. The van der Waals surface area contributed by atoms with E-state index in [-0.39, 0.29) is 0 Å². The van der Waals surface area contributed by atoms with Crippen molar-refractivity contribution in [1.29, 1.82) is 5.26 Å². The number of alkyl halides is 3. The van der Waals surface area contributed by atoms with Gasteiger partial charge in [0.25, 0.3) is 0 Å². The highest BCUT2D eigenvalue weighted by Gasteiger charge is 2.32. The zero-order valence-electron chi connectivity index (χ0n) is 55.4. The topological polar surface area (TPSA) is 53.4 Å². The molecule has 0 aliphatic heterocycles. The third-order valence-corrected chi connectivity index (χ3v) is 21.5. The molecule has 0 unspecified atom stereocenters. The average molecular weight is 1330 g/mol. The molecule has 0 fully saturated rings. The first-order chi connectivity index (χ1) is 50.6. The van der Waals surface area contributed by atoms with Crippen LogP contribution in [0.3, 0.4) is 0 Å². The van der Waals surface area contributed by atoms with E-state index in [2.05, 4.69) is 313 Å². The van der Waals surface area contributed by atoms with Gasteiger partial charge in [0.15, 0.2) is 0 Å². The first-order valence-electron chi connectivity index (χ1n) is 34.6. The zero-order valence-corrected chi connectivity index (χ0v) is 55.4. The lowest BCUT2D eigenvalue weighted by Crippen LogP contribution is -2.06. The highest BCUT2D eigenvalue weighted by atomic mass is 19.4. The van der Waals surface area contributed by atoms with Crippen LogP contribution in [0.2, 0.25) is 0 Å². The summed E-state index contributed by atoms with van der Waals surface area (Å²) in [5.74, 6) is 0.